The van der Waals surface area contributed by atoms with Crippen molar-refractivity contribution in [3.8, 4) is 10.6 Å². The lowest BCUT2D eigenvalue weighted by Crippen LogP contribution is -1.82. The molecule has 0 aliphatic carbocycles. The quantitative estimate of drug-likeness (QED) is 0.767. The highest BCUT2D eigenvalue weighted by molar-refractivity contribution is 9.10. The third kappa shape index (κ3) is 1.40. The number of nitrogens with zero attached hydrogens (tertiary/aromatic N) is 2. The zero-order valence-corrected chi connectivity index (χ0v) is 8.47. The SMILES string of the molecule is Brc1cncnc1-c1cccs1. The molecule has 0 radical (unpaired) electrons. The first kappa shape index (κ1) is 7.89. The fourth-order valence-electron chi connectivity index (χ4n) is 0.907. The van der Waals surface area contributed by atoms with Crippen LogP contribution in [-0.2, 0) is 0 Å². The Labute approximate surface area is 82.4 Å². The van der Waals surface area contributed by atoms with Crippen LogP contribution in [0.3, 0.4) is 0 Å². The summed E-state index contributed by atoms with van der Waals surface area (Å²) in [6.07, 6.45) is 3.31. The number of rotatable bonds is 1. The van der Waals surface area contributed by atoms with Gasteiger partial charge in [0.2, 0.25) is 0 Å². The second-order valence-electron chi connectivity index (χ2n) is 2.20. The van der Waals surface area contributed by atoms with Crippen LogP contribution in [-0.4, -0.2) is 9.97 Å². The highest BCUT2D eigenvalue weighted by Crippen LogP contribution is 2.28. The molecule has 2 nitrogen and oxygen atoms in total. The van der Waals surface area contributed by atoms with E-state index in [-0.39, 0.29) is 0 Å². The van der Waals surface area contributed by atoms with Crippen molar-refractivity contribution in [2.45, 2.75) is 0 Å². The Hall–Kier alpha value is -0.740. The van der Waals surface area contributed by atoms with Gasteiger partial charge in [0.1, 0.15) is 6.33 Å². The Morgan fingerprint density at radius 2 is 2.33 bits per heavy atom. The van der Waals surface area contributed by atoms with Crippen molar-refractivity contribution in [1.82, 2.24) is 9.97 Å². The summed E-state index contributed by atoms with van der Waals surface area (Å²) in [7, 11) is 0. The third-order valence-corrected chi connectivity index (χ3v) is 2.88. The van der Waals surface area contributed by atoms with Crippen LogP contribution in [0.15, 0.2) is 34.5 Å². The Morgan fingerprint density at radius 3 is 3.00 bits per heavy atom. The predicted octanol–water partition coefficient (Wildman–Crippen LogP) is 2.97. The van der Waals surface area contributed by atoms with E-state index in [9.17, 15) is 0 Å². The molecule has 2 heterocycles. The van der Waals surface area contributed by atoms with Crippen molar-refractivity contribution in [2.24, 2.45) is 0 Å². The molecule has 2 aromatic heterocycles. The van der Waals surface area contributed by atoms with E-state index >= 15 is 0 Å². The third-order valence-electron chi connectivity index (χ3n) is 1.42. The van der Waals surface area contributed by atoms with Gasteiger partial charge in [-0.05, 0) is 27.4 Å². The van der Waals surface area contributed by atoms with Crippen LogP contribution in [0.5, 0.6) is 0 Å². The van der Waals surface area contributed by atoms with Gasteiger partial charge in [0, 0.05) is 6.20 Å². The first-order valence-electron chi connectivity index (χ1n) is 3.37. The molecule has 60 valence electrons. The second kappa shape index (κ2) is 3.33. The van der Waals surface area contributed by atoms with Crippen molar-refractivity contribution < 1.29 is 0 Å². The summed E-state index contributed by atoms with van der Waals surface area (Å²) in [6.45, 7) is 0. The van der Waals surface area contributed by atoms with Gasteiger partial charge < -0.3 is 0 Å². The van der Waals surface area contributed by atoms with E-state index in [0.717, 1.165) is 15.0 Å². The fourth-order valence-corrected chi connectivity index (χ4v) is 2.21. The number of halogens is 1. The molecule has 0 aliphatic heterocycles. The van der Waals surface area contributed by atoms with Crippen molar-refractivity contribution in [3.05, 3.63) is 34.5 Å². The van der Waals surface area contributed by atoms with Crippen LogP contribution in [0.1, 0.15) is 0 Å². The molecule has 2 aromatic rings. The molecule has 0 bridgehead atoms. The number of thiophene rings is 1. The molecule has 0 atom stereocenters. The average Bonchev–Trinajstić information content (AvgIpc) is 2.57. The highest BCUT2D eigenvalue weighted by atomic mass is 79.9. The Morgan fingerprint density at radius 1 is 1.42 bits per heavy atom. The van der Waals surface area contributed by atoms with Crippen LogP contribution in [0, 0.1) is 0 Å². The topological polar surface area (TPSA) is 25.8 Å². The molecule has 0 N–H and O–H groups in total. The molecule has 2 rings (SSSR count). The minimum Gasteiger partial charge on any atom is -0.244 e. The minimum absolute atomic E-state index is 0.937. The predicted molar refractivity (Wildman–Crippen MR) is 53.0 cm³/mol. The highest BCUT2D eigenvalue weighted by Gasteiger charge is 2.03. The zero-order chi connectivity index (χ0) is 8.39. The maximum atomic E-state index is 4.17. The molecule has 4 heteroatoms. The zero-order valence-electron chi connectivity index (χ0n) is 6.07. The second-order valence-corrected chi connectivity index (χ2v) is 4.00. The summed E-state index contributed by atoms with van der Waals surface area (Å²) in [4.78, 5) is 9.23. The lowest BCUT2D eigenvalue weighted by Gasteiger charge is -1.96. The summed E-state index contributed by atoms with van der Waals surface area (Å²) in [5.74, 6) is 0. The molecule has 0 saturated carbocycles. The summed E-state index contributed by atoms with van der Waals surface area (Å²) in [6, 6.07) is 4.05. The molecule has 12 heavy (non-hydrogen) atoms. The maximum Gasteiger partial charge on any atom is 0.116 e. The fraction of sp³-hybridized carbons (Fsp3) is 0. The van der Waals surface area contributed by atoms with Crippen molar-refractivity contribution in [3.63, 3.8) is 0 Å². The molecule has 0 amide bonds. The largest absolute Gasteiger partial charge is 0.244 e. The van der Waals surface area contributed by atoms with E-state index < -0.39 is 0 Å². The van der Waals surface area contributed by atoms with Crippen molar-refractivity contribution in [1.29, 1.82) is 0 Å². The van der Waals surface area contributed by atoms with E-state index in [4.69, 9.17) is 0 Å². The van der Waals surface area contributed by atoms with Crippen molar-refractivity contribution >= 4 is 27.3 Å². The lowest BCUT2D eigenvalue weighted by atomic mass is 10.3. The average molecular weight is 241 g/mol. The van der Waals surface area contributed by atoms with Gasteiger partial charge in [-0.1, -0.05) is 6.07 Å². The first-order chi connectivity index (χ1) is 5.88. The van der Waals surface area contributed by atoms with E-state index in [1.165, 1.54) is 0 Å². The Kier molecular flexibility index (Phi) is 2.19. The molecule has 0 aliphatic rings. The van der Waals surface area contributed by atoms with Crippen LogP contribution < -0.4 is 0 Å². The van der Waals surface area contributed by atoms with Gasteiger partial charge in [-0.25, -0.2) is 9.97 Å². The van der Waals surface area contributed by atoms with Gasteiger partial charge in [0.05, 0.1) is 15.0 Å². The molecule has 0 saturated heterocycles. The molecule has 0 aromatic carbocycles. The van der Waals surface area contributed by atoms with E-state index in [1.807, 2.05) is 17.5 Å². The maximum absolute atomic E-state index is 4.17. The molecular weight excluding hydrogens is 236 g/mol. The van der Waals surface area contributed by atoms with Gasteiger partial charge in [-0.2, -0.15) is 0 Å². The number of hydrogen-bond donors (Lipinski definition) is 0. The normalized spacial score (nSPS) is 10.1. The Balaban J connectivity index is 2.55. The smallest absolute Gasteiger partial charge is 0.116 e. The summed E-state index contributed by atoms with van der Waals surface area (Å²) in [5.41, 5.74) is 0.958. The van der Waals surface area contributed by atoms with Gasteiger partial charge in [0.25, 0.3) is 0 Å². The van der Waals surface area contributed by atoms with Gasteiger partial charge in [-0.3, -0.25) is 0 Å². The van der Waals surface area contributed by atoms with Crippen LogP contribution in [0.4, 0.5) is 0 Å². The van der Waals surface area contributed by atoms with Crippen molar-refractivity contribution in [2.75, 3.05) is 0 Å². The summed E-state index contributed by atoms with van der Waals surface area (Å²) >= 11 is 5.07. The molecule has 0 unspecified atom stereocenters. The summed E-state index contributed by atoms with van der Waals surface area (Å²) in [5, 5.41) is 2.03. The number of hydrogen-bond acceptors (Lipinski definition) is 3. The van der Waals surface area contributed by atoms with E-state index in [0.29, 0.717) is 0 Å². The van der Waals surface area contributed by atoms with Crippen LogP contribution >= 0.6 is 27.3 Å². The number of aromatic nitrogens is 2. The molecule has 0 spiro atoms. The van der Waals surface area contributed by atoms with Gasteiger partial charge in [-0.15, -0.1) is 11.3 Å². The van der Waals surface area contributed by atoms with E-state index in [2.05, 4.69) is 25.9 Å². The van der Waals surface area contributed by atoms with E-state index in [1.54, 1.807) is 23.9 Å². The van der Waals surface area contributed by atoms with Crippen LogP contribution in [0.2, 0.25) is 0 Å². The summed E-state index contributed by atoms with van der Waals surface area (Å²) < 4.78 is 0.937. The van der Waals surface area contributed by atoms with Crippen LogP contribution in [0.25, 0.3) is 10.6 Å². The van der Waals surface area contributed by atoms with Gasteiger partial charge >= 0.3 is 0 Å². The first-order valence-corrected chi connectivity index (χ1v) is 5.04. The Bertz CT molecular complexity index is 372. The molecule has 0 fully saturated rings. The molecular formula is C8H5BrN2S. The monoisotopic (exact) mass is 240 g/mol. The van der Waals surface area contributed by atoms with Gasteiger partial charge in [0.15, 0.2) is 0 Å². The lowest BCUT2D eigenvalue weighted by molar-refractivity contribution is 1.16. The standard InChI is InChI=1S/C8H5BrN2S/c9-6-4-10-5-11-8(6)7-2-1-3-12-7/h1-5H. The minimum atomic E-state index is 0.937.